The summed E-state index contributed by atoms with van der Waals surface area (Å²) in [5.41, 5.74) is 2.32. The Morgan fingerprint density at radius 3 is 2.41 bits per heavy atom. The van der Waals surface area contributed by atoms with Crippen LogP contribution >= 0.6 is 0 Å². The van der Waals surface area contributed by atoms with Crippen molar-refractivity contribution in [3.8, 4) is 11.5 Å². The first-order chi connectivity index (χ1) is 10.1. The number of hydrogen-bond acceptors (Lipinski definition) is 5. The number of aromatic hydroxyl groups is 2. The second-order valence-corrected chi connectivity index (χ2v) is 5.96. The van der Waals surface area contributed by atoms with E-state index in [2.05, 4.69) is 15.8 Å². The van der Waals surface area contributed by atoms with Crippen molar-refractivity contribution in [2.45, 2.75) is 39.7 Å². The molecule has 0 aromatic heterocycles. The molecule has 0 saturated heterocycles. The fourth-order valence-corrected chi connectivity index (χ4v) is 1.65. The molecule has 0 radical (unpaired) electrons. The number of hydrazone groups is 1. The maximum absolute atomic E-state index is 11.8. The average Bonchev–Trinajstić information content (AvgIpc) is 2.33. The zero-order valence-corrected chi connectivity index (χ0v) is 13.1. The minimum absolute atomic E-state index is 0.0199. The third-order valence-corrected chi connectivity index (χ3v) is 2.51. The van der Waals surface area contributed by atoms with Gasteiger partial charge in [0, 0.05) is 17.3 Å². The van der Waals surface area contributed by atoms with E-state index in [1.54, 1.807) is 6.92 Å². The van der Waals surface area contributed by atoms with Crippen LogP contribution < -0.4 is 10.7 Å². The topological polar surface area (TPSA) is 111 Å². The van der Waals surface area contributed by atoms with Crippen LogP contribution in [0, 0.1) is 0 Å². The summed E-state index contributed by atoms with van der Waals surface area (Å²) in [5, 5.41) is 25.3. The van der Waals surface area contributed by atoms with E-state index in [9.17, 15) is 14.7 Å². The Kier molecular flexibility index (Phi) is 5.50. The van der Waals surface area contributed by atoms with Crippen LogP contribution in [0.5, 0.6) is 11.5 Å². The lowest BCUT2D eigenvalue weighted by Crippen LogP contribution is -2.41. The van der Waals surface area contributed by atoms with Gasteiger partial charge in [0.15, 0.2) is 0 Å². The van der Waals surface area contributed by atoms with Gasteiger partial charge in [0.05, 0.1) is 12.0 Å². The Morgan fingerprint density at radius 2 is 1.86 bits per heavy atom. The van der Waals surface area contributed by atoms with Crippen molar-refractivity contribution in [3.63, 3.8) is 0 Å². The third-order valence-electron chi connectivity index (χ3n) is 2.51. The molecule has 22 heavy (non-hydrogen) atoms. The van der Waals surface area contributed by atoms with Crippen LogP contribution in [0.4, 0.5) is 0 Å². The van der Waals surface area contributed by atoms with Gasteiger partial charge in [-0.1, -0.05) is 0 Å². The van der Waals surface area contributed by atoms with Gasteiger partial charge in [-0.15, -0.1) is 0 Å². The van der Waals surface area contributed by atoms with E-state index in [4.69, 9.17) is 5.11 Å². The Labute approximate surface area is 129 Å². The smallest absolute Gasteiger partial charge is 0.275 e. The number of hydrogen-bond donors (Lipinski definition) is 4. The summed E-state index contributed by atoms with van der Waals surface area (Å²) in [6.07, 6.45) is 0.0547. The van der Waals surface area contributed by atoms with Crippen molar-refractivity contribution in [2.24, 2.45) is 5.10 Å². The molecular weight excluding hydrogens is 286 g/mol. The predicted molar refractivity (Wildman–Crippen MR) is 82.9 cm³/mol. The van der Waals surface area contributed by atoms with Crippen LogP contribution in [0.15, 0.2) is 23.3 Å². The van der Waals surface area contributed by atoms with E-state index in [-0.39, 0.29) is 34.9 Å². The van der Waals surface area contributed by atoms with Crippen molar-refractivity contribution < 1.29 is 19.8 Å². The molecule has 1 aromatic rings. The maximum Gasteiger partial charge on any atom is 0.275 e. The fourth-order valence-electron chi connectivity index (χ4n) is 1.65. The molecule has 0 aliphatic rings. The van der Waals surface area contributed by atoms with Gasteiger partial charge in [-0.25, -0.2) is 5.43 Å². The zero-order chi connectivity index (χ0) is 16.9. The predicted octanol–water partition coefficient (Wildman–Crippen LogP) is 1.51. The minimum Gasteiger partial charge on any atom is -0.508 e. The van der Waals surface area contributed by atoms with E-state index in [1.807, 2.05) is 20.8 Å². The average molecular weight is 307 g/mol. The minimum atomic E-state index is -0.631. The van der Waals surface area contributed by atoms with Gasteiger partial charge in [-0.05, 0) is 39.8 Å². The summed E-state index contributed by atoms with van der Waals surface area (Å²) in [6.45, 7) is 7.21. The third kappa shape index (κ3) is 5.82. The van der Waals surface area contributed by atoms with Crippen molar-refractivity contribution in [2.75, 3.05) is 0 Å². The van der Waals surface area contributed by atoms with Crippen LogP contribution in [0.1, 0.15) is 44.5 Å². The number of phenolic OH excluding ortho intramolecular Hbond substituents is 2. The molecule has 7 nitrogen and oxygen atoms in total. The number of phenols is 2. The second kappa shape index (κ2) is 6.93. The second-order valence-electron chi connectivity index (χ2n) is 5.96. The number of nitrogens with zero attached hydrogens (tertiary/aromatic N) is 1. The normalized spacial score (nSPS) is 11.9. The van der Waals surface area contributed by atoms with Crippen molar-refractivity contribution >= 4 is 17.5 Å². The van der Waals surface area contributed by atoms with Gasteiger partial charge >= 0.3 is 0 Å². The Bertz CT molecular complexity index is 603. The standard InChI is InChI=1S/C15H21N3O4/c1-9(7-13(21)16-15(2,3)4)17-18-14(22)11-6-5-10(19)8-12(11)20/h5-6,8,19-20H,7H2,1-4H3,(H,16,21)(H,18,22)/b17-9-. The first kappa shape index (κ1) is 17.5. The Morgan fingerprint density at radius 1 is 1.23 bits per heavy atom. The number of nitrogens with one attached hydrogen (secondary N) is 2. The van der Waals surface area contributed by atoms with Crippen molar-refractivity contribution in [1.29, 1.82) is 0 Å². The quantitative estimate of drug-likeness (QED) is 0.499. The molecule has 0 fully saturated rings. The Hall–Kier alpha value is -2.57. The lowest BCUT2D eigenvalue weighted by atomic mass is 10.1. The number of rotatable bonds is 4. The monoisotopic (exact) mass is 307 g/mol. The van der Waals surface area contributed by atoms with Gasteiger partial charge in [0.2, 0.25) is 5.91 Å². The molecule has 4 N–H and O–H groups in total. The summed E-state index contributed by atoms with van der Waals surface area (Å²) in [6, 6.07) is 3.61. The molecule has 120 valence electrons. The van der Waals surface area contributed by atoms with Crippen LogP contribution in [-0.2, 0) is 4.79 Å². The highest BCUT2D eigenvalue weighted by molar-refractivity contribution is 6.01. The summed E-state index contributed by atoms with van der Waals surface area (Å²) in [5.74, 6) is -1.33. The molecule has 0 unspecified atom stereocenters. The SMILES string of the molecule is C/C(CC(=O)NC(C)(C)C)=N/NC(=O)c1ccc(O)cc1O. The number of carbonyl (C=O) groups is 2. The molecule has 0 heterocycles. The van der Waals surface area contributed by atoms with Crippen LogP contribution in [0.25, 0.3) is 0 Å². The lowest BCUT2D eigenvalue weighted by molar-refractivity contribution is -0.121. The van der Waals surface area contributed by atoms with Crippen molar-refractivity contribution in [1.82, 2.24) is 10.7 Å². The molecule has 2 amide bonds. The summed E-state index contributed by atoms with van der Waals surface area (Å²) >= 11 is 0. The molecule has 0 aliphatic carbocycles. The van der Waals surface area contributed by atoms with Gasteiger partial charge < -0.3 is 15.5 Å². The van der Waals surface area contributed by atoms with Gasteiger partial charge in [0.25, 0.3) is 5.91 Å². The van der Waals surface area contributed by atoms with E-state index in [0.717, 1.165) is 6.07 Å². The van der Waals surface area contributed by atoms with Crippen molar-refractivity contribution in [3.05, 3.63) is 23.8 Å². The summed E-state index contributed by atoms with van der Waals surface area (Å²) in [4.78, 5) is 23.5. The first-order valence-corrected chi connectivity index (χ1v) is 6.75. The van der Waals surface area contributed by atoms with E-state index < -0.39 is 5.91 Å². The first-order valence-electron chi connectivity index (χ1n) is 6.75. The van der Waals surface area contributed by atoms with Gasteiger partial charge in [-0.2, -0.15) is 5.10 Å². The molecule has 7 heteroatoms. The molecule has 0 spiro atoms. The van der Waals surface area contributed by atoms with Gasteiger partial charge in [-0.3, -0.25) is 9.59 Å². The largest absolute Gasteiger partial charge is 0.508 e. The Balaban J connectivity index is 2.63. The molecule has 0 bridgehead atoms. The fraction of sp³-hybridized carbons (Fsp3) is 0.400. The molecule has 1 rings (SSSR count). The van der Waals surface area contributed by atoms with E-state index in [0.29, 0.717) is 5.71 Å². The molecular formula is C15H21N3O4. The molecule has 0 saturated carbocycles. The molecule has 0 atom stereocenters. The number of benzene rings is 1. The molecule has 0 aliphatic heterocycles. The van der Waals surface area contributed by atoms with E-state index >= 15 is 0 Å². The summed E-state index contributed by atoms with van der Waals surface area (Å²) < 4.78 is 0. The van der Waals surface area contributed by atoms with Gasteiger partial charge in [0.1, 0.15) is 11.5 Å². The highest BCUT2D eigenvalue weighted by Gasteiger charge is 2.15. The van der Waals surface area contributed by atoms with Crippen LogP contribution in [-0.4, -0.2) is 33.3 Å². The number of amides is 2. The molecule has 1 aromatic carbocycles. The number of carbonyl (C=O) groups excluding carboxylic acids is 2. The van der Waals surface area contributed by atoms with Crippen LogP contribution in [0.3, 0.4) is 0 Å². The van der Waals surface area contributed by atoms with E-state index in [1.165, 1.54) is 12.1 Å². The highest BCUT2D eigenvalue weighted by Crippen LogP contribution is 2.22. The van der Waals surface area contributed by atoms with Crippen LogP contribution in [0.2, 0.25) is 0 Å². The zero-order valence-electron chi connectivity index (χ0n) is 13.1. The summed E-state index contributed by atoms with van der Waals surface area (Å²) in [7, 11) is 0. The maximum atomic E-state index is 11.8. The lowest BCUT2D eigenvalue weighted by Gasteiger charge is -2.20. The highest BCUT2D eigenvalue weighted by atomic mass is 16.3.